The van der Waals surface area contributed by atoms with Gasteiger partial charge in [-0.25, -0.2) is 14.2 Å². The molecule has 1 saturated heterocycles. The Balaban J connectivity index is 1.37. The number of ether oxygens (including phenoxy) is 1. The van der Waals surface area contributed by atoms with Gasteiger partial charge in [0.2, 0.25) is 0 Å². The minimum atomic E-state index is -0.645. The molecule has 0 N–H and O–H groups in total. The van der Waals surface area contributed by atoms with E-state index in [0.717, 1.165) is 17.8 Å². The highest BCUT2D eigenvalue weighted by Gasteiger charge is 2.32. The summed E-state index contributed by atoms with van der Waals surface area (Å²) in [5.74, 6) is -0.217. The van der Waals surface area contributed by atoms with E-state index in [1.165, 1.54) is 12.1 Å². The van der Waals surface area contributed by atoms with Crippen LogP contribution in [0.2, 0.25) is 0 Å². The van der Waals surface area contributed by atoms with E-state index < -0.39 is 17.5 Å². The zero-order valence-corrected chi connectivity index (χ0v) is 19.2. The Kier molecular flexibility index (Phi) is 6.28. The van der Waals surface area contributed by atoms with Crippen LogP contribution in [0.4, 0.5) is 9.18 Å². The molecule has 0 aliphatic carbocycles. The van der Waals surface area contributed by atoms with E-state index in [0.29, 0.717) is 37.2 Å². The molecule has 2 aliphatic rings. The first kappa shape index (κ1) is 22.4. The molecule has 1 fully saturated rings. The van der Waals surface area contributed by atoms with E-state index in [1.807, 2.05) is 26.2 Å². The predicted octanol–water partition coefficient (Wildman–Crippen LogP) is 5.07. The van der Waals surface area contributed by atoms with Gasteiger partial charge in [-0.3, -0.25) is 4.79 Å². The number of carbonyl (C=O) groups excluding carboxylic acids is 2. The molecule has 0 spiro atoms. The minimum absolute atomic E-state index is 0.228. The maximum absolute atomic E-state index is 14.3. The van der Waals surface area contributed by atoms with E-state index in [1.54, 1.807) is 22.3 Å². The second kappa shape index (κ2) is 8.97. The van der Waals surface area contributed by atoms with Crippen molar-refractivity contribution in [2.24, 2.45) is 5.16 Å². The van der Waals surface area contributed by atoms with E-state index in [9.17, 15) is 14.0 Å². The van der Waals surface area contributed by atoms with Crippen molar-refractivity contribution in [3.63, 3.8) is 0 Å². The van der Waals surface area contributed by atoms with Crippen LogP contribution in [0.25, 0.3) is 0 Å². The van der Waals surface area contributed by atoms with Gasteiger partial charge in [0.25, 0.3) is 0 Å². The maximum Gasteiger partial charge on any atom is 0.410 e. The molecule has 9 heteroatoms. The van der Waals surface area contributed by atoms with Crippen LogP contribution in [0.5, 0.6) is 0 Å². The lowest BCUT2D eigenvalue weighted by atomic mass is 9.97. The van der Waals surface area contributed by atoms with E-state index >= 15 is 0 Å². The van der Waals surface area contributed by atoms with Crippen molar-refractivity contribution < 1.29 is 23.6 Å². The van der Waals surface area contributed by atoms with Crippen LogP contribution in [0.15, 0.2) is 28.7 Å². The number of oxime groups is 1. The largest absolute Gasteiger partial charge is 0.444 e. The molecule has 0 radical (unpaired) electrons. The van der Waals surface area contributed by atoms with Crippen molar-refractivity contribution in [2.45, 2.75) is 57.7 Å². The number of thiazole rings is 1. The van der Waals surface area contributed by atoms with Crippen LogP contribution in [-0.2, 0) is 9.57 Å². The molecule has 1 aromatic carbocycles. The molecule has 32 heavy (non-hydrogen) atoms. The van der Waals surface area contributed by atoms with Gasteiger partial charge in [-0.1, -0.05) is 17.3 Å². The van der Waals surface area contributed by atoms with Gasteiger partial charge in [-0.05, 0) is 39.7 Å². The highest BCUT2D eigenvalue weighted by molar-refractivity contribution is 7.10. The van der Waals surface area contributed by atoms with Gasteiger partial charge in [0.05, 0.1) is 10.7 Å². The number of rotatable bonds is 4. The molecule has 0 saturated carbocycles. The number of benzene rings is 1. The van der Waals surface area contributed by atoms with Crippen LogP contribution >= 0.6 is 11.3 Å². The molecule has 0 bridgehead atoms. The average molecular weight is 460 g/mol. The number of likely N-dealkylation sites (tertiary alicyclic amines) is 1. The molecular formula is C23H26FN3O4S. The number of hydrogen-bond donors (Lipinski definition) is 0. The van der Waals surface area contributed by atoms with Crippen molar-refractivity contribution >= 4 is 29.4 Å². The lowest BCUT2D eigenvalue weighted by Crippen LogP contribution is -2.41. The fourth-order valence-electron chi connectivity index (χ4n) is 3.92. The van der Waals surface area contributed by atoms with Gasteiger partial charge in [-0.15, -0.1) is 11.3 Å². The SMILES string of the molecule is CC(C)(C)OC(=O)N1CCC(c2nc(C3=NOC(c4c(F)cccc4C=O)C3)cs2)CC1. The molecule has 3 heterocycles. The second-order valence-electron chi connectivity index (χ2n) is 9.01. The van der Waals surface area contributed by atoms with Crippen LogP contribution in [-0.4, -0.2) is 46.7 Å². The Morgan fingerprint density at radius 2 is 2.06 bits per heavy atom. The summed E-state index contributed by atoms with van der Waals surface area (Å²) in [4.78, 5) is 35.5. The summed E-state index contributed by atoms with van der Waals surface area (Å²) in [5.41, 5.74) is 1.35. The molecular weight excluding hydrogens is 433 g/mol. The van der Waals surface area contributed by atoms with Gasteiger partial charge in [0.1, 0.15) is 17.1 Å². The normalized spacial score (nSPS) is 19.4. The zero-order chi connectivity index (χ0) is 22.9. The number of aromatic nitrogens is 1. The van der Waals surface area contributed by atoms with Gasteiger partial charge >= 0.3 is 6.09 Å². The standard InChI is InChI=1S/C23H26FN3O4S/c1-23(2,3)30-22(29)27-9-7-14(8-10-27)21-25-18(13-32-21)17-11-19(31-26-17)20-15(12-28)5-4-6-16(20)24/h4-6,12-14,19H,7-11H2,1-3H3. The highest BCUT2D eigenvalue weighted by Crippen LogP contribution is 2.35. The number of carbonyl (C=O) groups is 2. The van der Waals surface area contributed by atoms with E-state index in [-0.39, 0.29) is 23.1 Å². The van der Waals surface area contributed by atoms with Crippen molar-refractivity contribution in [1.29, 1.82) is 0 Å². The topological polar surface area (TPSA) is 81.1 Å². The van der Waals surface area contributed by atoms with Crippen LogP contribution in [0.1, 0.15) is 78.7 Å². The third kappa shape index (κ3) is 4.82. The number of halogens is 1. The summed E-state index contributed by atoms with van der Waals surface area (Å²) in [7, 11) is 0. The Morgan fingerprint density at radius 3 is 2.75 bits per heavy atom. The highest BCUT2D eigenvalue weighted by atomic mass is 32.1. The van der Waals surface area contributed by atoms with Crippen LogP contribution < -0.4 is 0 Å². The minimum Gasteiger partial charge on any atom is -0.444 e. The van der Waals surface area contributed by atoms with Crippen molar-refractivity contribution in [3.05, 3.63) is 51.2 Å². The summed E-state index contributed by atoms with van der Waals surface area (Å²) in [6, 6.07) is 4.38. The Morgan fingerprint density at radius 1 is 1.31 bits per heavy atom. The summed E-state index contributed by atoms with van der Waals surface area (Å²) in [6.07, 6.45) is 1.69. The quantitative estimate of drug-likeness (QED) is 0.596. The average Bonchev–Trinajstić information content (AvgIpc) is 3.42. The second-order valence-corrected chi connectivity index (χ2v) is 9.90. The van der Waals surface area contributed by atoms with Crippen LogP contribution in [0, 0.1) is 5.82 Å². The molecule has 2 aromatic rings. The van der Waals surface area contributed by atoms with Gasteiger partial charge in [0, 0.05) is 41.9 Å². The van der Waals surface area contributed by atoms with Crippen molar-refractivity contribution in [1.82, 2.24) is 9.88 Å². The molecule has 1 aromatic heterocycles. The van der Waals surface area contributed by atoms with E-state index in [4.69, 9.17) is 14.6 Å². The molecule has 7 nitrogen and oxygen atoms in total. The zero-order valence-electron chi connectivity index (χ0n) is 18.3. The Bertz CT molecular complexity index is 1040. The molecule has 1 amide bonds. The smallest absolute Gasteiger partial charge is 0.410 e. The summed E-state index contributed by atoms with van der Waals surface area (Å²) in [6.45, 7) is 6.84. The fourth-order valence-corrected chi connectivity index (χ4v) is 4.92. The summed E-state index contributed by atoms with van der Waals surface area (Å²) in [5, 5.41) is 7.04. The Hall–Kier alpha value is -2.81. The summed E-state index contributed by atoms with van der Waals surface area (Å²) >= 11 is 1.56. The first-order valence-electron chi connectivity index (χ1n) is 10.6. The number of amides is 1. The van der Waals surface area contributed by atoms with Gasteiger partial charge in [0.15, 0.2) is 12.4 Å². The monoisotopic (exact) mass is 459 g/mol. The number of piperidine rings is 1. The van der Waals surface area contributed by atoms with Crippen LogP contribution in [0.3, 0.4) is 0 Å². The fraction of sp³-hybridized carbons (Fsp3) is 0.478. The Labute approximate surface area is 190 Å². The number of hydrogen-bond acceptors (Lipinski definition) is 7. The molecule has 1 unspecified atom stereocenters. The third-order valence-corrected chi connectivity index (χ3v) is 6.53. The number of aldehydes is 1. The maximum atomic E-state index is 14.3. The summed E-state index contributed by atoms with van der Waals surface area (Å²) < 4.78 is 19.8. The third-order valence-electron chi connectivity index (χ3n) is 5.52. The molecule has 1 atom stereocenters. The first-order chi connectivity index (χ1) is 15.2. The van der Waals surface area contributed by atoms with Gasteiger partial charge < -0.3 is 14.5 Å². The molecule has 2 aliphatic heterocycles. The van der Waals surface area contributed by atoms with Gasteiger partial charge in [-0.2, -0.15) is 0 Å². The first-order valence-corrected chi connectivity index (χ1v) is 11.5. The molecule has 170 valence electrons. The lowest BCUT2D eigenvalue weighted by molar-refractivity contribution is 0.0204. The lowest BCUT2D eigenvalue weighted by Gasteiger charge is -2.32. The number of nitrogens with zero attached hydrogens (tertiary/aromatic N) is 3. The molecule has 4 rings (SSSR count). The predicted molar refractivity (Wildman–Crippen MR) is 119 cm³/mol. The van der Waals surface area contributed by atoms with Crippen molar-refractivity contribution in [2.75, 3.05) is 13.1 Å². The van der Waals surface area contributed by atoms with Crippen molar-refractivity contribution in [3.8, 4) is 0 Å². The van der Waals surface area contributed by atoms with E-state index in [2.05, 4.69) is 5.16 Å².